The Labute approximate surface area is 195 Å². The SMILES string of the molecule is Cc1ccc2c(n1)oc1c(-c3ncnc4c3ccc3c[c]([Ge]([CH3])([CH3])[CH3])cc(C)c34)cccc12. The minimum atomic E-state index is -1.94. The second-order valence-corrected chi connectivity index (χ2v) is 20.6. The molecule has 0 fully saturated rings. The zero-order valence-electron chi connectivity index (χ0n) is 19.5. The third kappa shape index (κ3) is 3.16. The second-order valence-electron chi connectivity index (χ2n) is 9.91. The van der Waals surface area contributed by atoms with E-state index in [1.807, 2.05) is 13.0 Å². The first-order chi connectivity index (χ1) is 15.8. The molecular weight excluding hydrogens is 467 g/mol. The summed E-state index contributed by atoms with van der Waals surface area (Å²) in [6.07, 6.45) is 1.68. The van der Waals surface area contributed by atoms with E-state index in [0.717, 1.165) is 44.2 Å². The summed E-state index contributed by atoms with van der Waals surface area (Å²) < 4.78 is 7.78. The summed E-state index contributed by atoms with van der Waals surface area (Å²) in [7, 11) is 0. The molecule has 0 unspecified atom stereocenters. The quantitative estimate of drug-likeness (QED) is 0.195. The zero-order chi connectivity index (χ0) is 22.9. The molecule has 0 saturated heterocycles. The summed E-state index contributed by atoms with van der Waals surface area (Å²) >= 11 is -1.94. The van der Waals surface area contributed by atoms with Gasteiger partial charge in [0, 0.05) is 5.69 Å². The summed E-state index contributed by atoms with van der Waals surface area (Å²) in [5.74, 6) is 7.31. The molecular formula is C28H25GeN3O. The summed E-state index contributed by atoms with van der Waals surface area (Å²) in [6.45, 7) is 4.18. The minimum absolute atomic E-state index is 0.664. The molecule has 0 saturated carbocycles. The Balaban J connectivity index is 1.66. The van der Waals surface area contributed by atoms with E-state index in [4.69, 9.17) is 14.4 Å². The van der Waals surface area contributed by atoms with Gasteiger partial charge in [-0.2, -0.15) is 0 Å². The number of furan rings is 1. The number of benzene rings is 3. The number of rotatable bonds is 2. The molecule has 0 atom stereocenters. The van der Waals surface area contributed by atoms with Crippen LogP contribution in [0, 0.1) is 13.8 Å². The van der Waals surface area contributed by atoms with Crippen LogP contribution < -0.4 is 4.40 Å². The summed E-state index contributed by atoms with van der Waals surface area (Å²) in [4.78, 5) is 14.1. The van der Waals surface area contributed by atoms with Crippen molar-refractivity contribution in [1.82, 2.24) is 15.0 Å². The molecule has 3 heterocycles. The molecule has 0 spiro atoms. The Kier molecular flexibility index (Phi) is 4.40. The predicted octanol–water partition coefficient (Wildman–Crippen LogP) is 6.91. The van der Waals surface area contributed by atoms with Gasteiger partial charge in [0.2, 0.25) is 0 Å². The van der Waals surface area contributed by atoms with Crippen molar-refractivity contribution in [3.05, 3.63) is 72.2 Å². The number of pyridine rings is 1. The van der Waals surface area contributed by atoms with Crippen LogP contribution in [0.5, 0.6) is 0 Å². The summed E-state index contributed by atoms with van der Waals surface area (Å²) in [5, 5.41) is 5.58. The monoisotopic (exact) mass is 493 g/mol. The van der Waals surface area contributed by atoms with E-state index in [1.54, 1.807) is 6.33 Å². The zero-order valence-corrected chi connectivity index (χ0v) is 21.6. The average molecular weight is 492 g/mol. The molecule has 0 radical (unpaired) electrons. The normalized spacial score (nSPS) is 12.4. The second kappa shape index (κ2) is 7.12. The number of nitrogens with zero attached hydrogens (tertiary/aromatic N) is 3. The van der Waals surface area contributed by atoms with Crippen molar-refractivity contribution in [2.24, 2.45) is 0 Å². The predicted molar refractivity (Wildman–Crippen MR) is 140 cm³/mol. The molecule has 162 valence electrons. The van der Waals surface area contributed by atoms with Crippen LogP contribution in [-0.4, -0.2) is 28.2 Å². The van der Waals surface area contributed by atoms with Crippen LogP contribution >= 0.6 is 0 Å². The average Bonchev–Trinajstić information content (AvgIpc) is 3.15. The molecule has 0 aliphatic rings. The van der Waals surface area contributed by atoms with Crippen molar-refractivity contribution in [2.45, 2.75) is 31.1 Å². The number of para-hydroxylation sites is 1. The molecule has 3 aromatic carbocycles. The summed E-state index contributed by atoms with van der Waals surface area (Å²) in [6, 6.07) is 19.5. The third-order valence-corrected chi connectivity index (χ3v) is 10.8. The molecule has 0 aliphatic heterocycles. The molecule has 5 heteroatoms. The van der Waals surface area contributed by atoms with Crippen LogP contribution in [0.1, 0.15) is 11.3 Å². The van der Waals surface area contributed by atoms with Gasteiger partial charge in [-0.25, -0.2) is 0 Å². The first-order valence-electron chi connectivity index (χ1n) is 11.3. The topological polar surface area (TPSA) is 51.8 Å². The van der Waals surface area contributed by atoms with E-state index in [0.29, 0.717) is 5.71 Å². The molecule has 6 rings (SSSR count). The fraction of sp³-hybridized carbons (Fsp3) is 0.179. The van der Waals surface area contributed by atoms with Gasteiger partial charge >= 0.3 is 177 Å². The number of fused-ring (bicyclic) bond motifs is 6. The van der Waals surface area contributed by atoms with Crippen LogP contribution in [0.15, 0.2) is 65.3 Å². The molecule has 0 N–H and O–H groups in total. The molecule has 4 nitrogen and oxygen atoms in total. The molecule has 6 aromatic rings. The van der Waals surface area contributed by atoms with E-state index in [-0.39, 0.29) is 0 Å². The van der Waals surface area contributed by atoms with Crippen LogP contribution in [0.2, 0.25) is 17.3 Å². The van der Waals surface area contributed by atoms with Crippen molar-refractivity contribution >= 4 is 61.4 Å². The fourth-order valence-electron chi connectivity index (χ4n) is 4.80. The van der Waals surface area contributed by atoms with Crippen LogP contribution in [-0.2, 0) is 0 Å². The molecule has 0 amide bonds. The van der Waals surface area contributed by atoms with Crippen molar-refractivity contribution in [3.63, 3.8) is 0 Å². The first kappa shape index (κ1) is 20.4. The van der Waals surface area contributed by atoms with Gasteiger partial charge in [-0.1, -0.05) is 0 Å². The standard InChI is InChI=1S/C28H25GeN3O/c1-16-13-19(29(3,4)5)14-18-10-12-22-25(30-15-31-26(22)24(16)18)23-8-6-7-20-21-11-9-17(2)32-28(21)33-27(20)23/h6-15H,1-5H3. The molecule has 33 heavy (non-hydrogen) atoms. The Bertz CT molecular complexity index is 1730. The van der Waals surface area contributed by atoms with Gasteiger partial charge in [0.25, 0.3) is 0 Å². The van der Waals surface area contributed by atoms with Crippen LogP contribution in [0.4, 0.5) is 0 Å². The maximum absolute atomic E-state index is 6.27. The van der Waals surface area contributed by atoms with Gasteiger partial charge < -0.3 is 0 Å². The number of aromatic nitrogens is 3. The van der Waals surface area contributed by atoms with Crippen molar-refractivity contribution < 1.29 is 4.42 Å². The van der Waals surface area contributed by atoms with Gasteiger partial charge in [-0.15, -0.1) is 0 Å². The third-order valence-electron chi connectivity index (χ3n) is 6.54. The fourth-order valence-corrected chi connectivity index (χ4v) is 7.40. The van der Waals surface area contributed by atoms with Gasteiger partial charge in [-0.05, 0) is 13.0 Å². The summed E-state index contributed by atoms with van der Waals surface area (Å²) in [5.41, 5.74) is 6.55. The molecule has 3 aromatic heterocycles. The first-order valence-corrected chi connectivity index (χ1v) is 18.6. The van der Waals surface area contributed by atoms with E-state index in [1.165, 1.54) is 20.7 Å². The van der Waals surface area contributed by atoms with Gasteiger partial charge in [0.15, 0.2) is 0 Å². The number of aryl methyl sites for hydroxylation is 2. The Morgan fingerprint density at radius 1 is 0.818 bits per heavy atom. The van der Waals surface area contributed by atoms with Gasteiger partial charge in [-0.3, -0.25) is 0 Å². The van der Waals surface area contributed by atoms with E-state index >= 15 is 0 Å². The molecule has 0 bridgehead atoms. The Hall–Kier alpha value is -3.25. The van der Waals surface area contributed by atoms with Crippen molar-refractivity contribution in [1.29, 1.82) is 0 Å². The maximum atomic E-state index is 6.27. The van der Waals surface area contributed by atoms with Gasteiger partial charge in [0.05, 0.1) is 0 Å². The van der Waals surface area contributed by atoms with E-state index in [2.05, 4.69) is 77.7 Å². The van der Waals surface area contributed by atoms with Crippen LogP contribution in [0.25, 0.3) is 55.0 Å². The van der Waals surface area contributed by atoms with Crippen molar-refractivity contribution in [2.75, 3.05) is 0 Å². The van der Waals surface area contributed by atoms with E-state index in [9.17, 15) is 0 Å². The number of hydrogen-bond donors (Lipinski definition) is 0. The van der Waals surface area contributed by atoms with Gasteiger partial charge in [0.1, 0.15) is 0 Å². The number of hydrogen-bond acceptors (Lipinski definition) is 4. The van der Waals surface area contributed by atoms with Crippen LogP contribution in [0.3, 0.4) is 0 Å². The molecule has 0 aliphatic carbocycles. The Morgan fingerprint density at radius 3 is 2.45 bits per heavy atom. The van der Waals surface area contributed by atoms with E-state index < -0.39 is 13.3 Å². The Morgan fingerprint density at radius 2 is 1.64 bits per heavy atom. The van der Waals surface area contributed by atoms with Crippen molar-refractivity contribution in [3.8, 4) is 11.3 Å².